The second-order valence-corrected chi connectivity index (χ2v) is 9.73. The molecule has 3 aromatic carbocycles. The molecule has 3 unspecified atom stereocenters. The van der Waals surface area contributed by atoms with Crippen molar-refractivity contribution >= 4 is 23.7 Å². The topological polar surface area (TPSA) is 146 Å². The Kier molecular flexibility index (Phi) is 8.23. The molecule has 11 nitrogen and oxygen atoms in total. The SMILES string of the molecule is C[C@@]1(O)C(OC(=O)c2ccccc2)C(COC(=O)c2ccccc2)OC1n1ccc(NC(=O)c2ccccc2)nc1=O. The van der Waals surface area contributed by atoms with Crippen molar-refractivity contribution in [1.82, 2.24) is 9.55 Å². The van der Waals surface area contributed by atoms with E-state index in [0.29, 0.717) is 11.1 Å². The van der Waals surface area contributed by atoms with Gasteiger partial charge in [-0.2, -0.15) is 4.98 Å². The second kappa shape index (κ2) is 12.2. The van der Waals surface area contributed by atoms with Gasteiger partial charge in [0.25, 0.3) is 5.91 Å². The summed E-state index contributed by atoms with van der Waals surface area (Å²) in [5.41, 5.74) is -1.91. The number of hydrogen-bond acceptors (Lipinski definition) is 9. The Morgan fingerprint density at radius 2 is 1.43 bits per heavy atom. The molecule has 214 valence electrons. The summed E-state index contributed by atoms with van der Waals surface area (Å²) in [6, 6.07) is 26.2. The van der Waals surface area contributed by atoms with Crippen molar-refractivity contribution in [2.75, 3.05) is 11.9 Å². The third-order valence-corrected chi connectivity index (χ3v) is 6.71. The molecule has 11 heteroatoms. The Labute approximate surface area is 240 Å². The Hall–Kier alpha value is -5.13. The molecule has 1 amide bonds. The minimum absolute atomic E-state index is 0.0110. The molecule has 1 aliphatic rings. The lowest BCUT2D eigenvalue weighted by Gasteiger charge is -2.30. The summed E-state index contributed by atoms with van der Waals surface area (Å²) in [6.07, 6.45) is -2.58. The molecule has 42 heavy (non-hydrogen) atoms. The molecule has 4 atom stereocenters. The van der Waals surface area contributed by atoms with Crippen LogP contribution in [-0.4, -0.2) is 56.9 Å². The van der Waals surface area contributed by atoms with Gasteiger partial charge < -0.3 is 24.6 Å². The third-order valence-electron chi connectivity index (χ3n) is 6.71. The number of amides is 1. The van der Waals surface area contributed by atoms with Gasteiger partial charge in [-0.15, -0.1) is 0 Å². The van der Waals surface area contributed by atoms with Gasteiger partial charge in [-0.1, -0.05) is 54.6 Å². The van der Waals surface area contributed by atoms with Crippen LogP contribution in [0.4, 0.5) is 5.82 Å². The molecule has 4 aromatic rings. The molecular formula is C31H27N3O8. The van der Waals surface area contributed by atoms with Crippen LogP contribution in [0.15, 0.2) is 108 Å². The Morgan fingerprint density at radius 1 is 0.881 bits per heavy atom. The number of ether oxygens (including phenoxy) is 3. The fourth-order valence-electron chi connectivity index (χ4n) is 4.57. The second-order valence-electron chi connectivity index (χ2n) is 9.73. The summed E-state index contributed by atoms with van der Waals surface area (Å²) in [6.45, 7) is 0.956. The monoisotopic (exact) mass is 569 g/mol. The zero-order valence-electron chi connectivity index (χ0n) is 22.5. The number of benzene rings is 3. The largest absolute Gasteiger partial charge is 0.459 e. The maximum Gasteiger partial charge on any atom is 0.351 e. The van der Waals surface area contributed by atoms with E-state index in [1.165, 1.54) is 19.2 Å². The molecule has 0 spiro atoms. The standard InChI is InChI=1S/C31H27N3O8/c1-31(39)25(42-28(37)22-15-9-4-10-16-22)23(19-40-27(36)21-13-7-3-8-14-21)41-29(31)34-18-17-24(33-30(34)38)32-26(35)20-11-5-2-6-12-20/h2-18,23,25,29,39H,19H2,1H3,(H,32,33,35,38)/t23?,25?,29?,31-/m1/s1. The number of nitrogens with zero attached hydrogens (tertiary/aromatic N) is 2. The first-order valence-corrected chi connectivity index (χ1v) is 13.1. The lowest BCUT2D eigenvalue weighted by atomic mass is 9.96. The minimum atomic E-state index is -1.96. The van der Waals surface area contributed by atoms with E-state index in [4.69, 9.17) is 14.2 Å². The number of aromatic nitrogens is 2. The molecular weight excluding hydrogens is 542 g/mol. The van der Waals surface area contributed by atoms with Crippen molar-refractivity contribution in [3.8, 4) is 0 Å². The molecule has 0 bridgehead atoms. The lowest BCUT2D eigenvalue weighted by molar-refractivity contribution is -0.101. The van der Waals surface area contributed by atoms with Gasteiger partial charge >= 0.3 is 17.6 Å². The molecule has 2 N–H and O–H groups in total. The van der Waals surface area contributed by atoms with Crippen molar-refractivity contribution in [3.63, 3.8) is 0 Å². The summed E-state index contributed by atoms with van der Waals surface area (Å²) in [4.78, 5) is 55.0. The molecule has 0 radical (unpaired) electrons. The van der Waals surface area contributed by atoms with Crippen LogP contribution in [0.25, 0.3) is 0 Å². The first-order chi connectivity index (χ1) is 20.2. The normalized spacial score (nSPS) is 21.3. The van der Waals surface area contributed by atoms with E-state index in [0.717, 1.165) is 4.57 Å². The zero-order valence-corrected chi connectivity index (χ0v) is 22.5. The number of anilines is 1. The molecule has 1 saturated heterocycles. The van der Waals surface area contributed by atoms with Crippen LogP contribution in [-0.2, 0) is 14.2 Å². The number of nitrogens with one attached hydrogen (secondary N) is 1. The van der Waals surface area contributed by atoms with Crippen molar-refractivity contribution in [2.24, 2.45) is 0 Å². The van der Waals surface area contributed by atoms with E-state index in [2.05, 4.69) is 10.3 Å². The Balaban J connectivity index is 1.39. The molecule has 0 aliphatic carbocycles. The molecule has 2 heterocycles. The fourth-order valence-corrected chi connectivity index (χ4v) is 4.57. The van der Waals surface area contributed by atoms with Gasteiger partial charge in [0, 0.05) is 11.8 Å². The van der Waals surface area contributed by atoms with Gasteiger partial charge in [-0.05, 0) is 49.4 Å². The summed E-state index contributed by atoms with van der Waals surface area (Å²) < 4.78 is 18.1. The van der Waals surface area contributed by atoms with E-state index >= 15 is 0 Å². The van der Waals surface area contributed by atoms with Gasteiger partial charge in [-0.3, -0.25) is 9.36 Å². The minimum Gasteiger partial charge on any atom is -0.459 e. The van der Waals surface area contributed by atoms with Gasteiger partial charge in [-0.25, -0.2) is 14.4 Å². The van der Waals surface area contributed by atoms with Crippen LogP contribution < -0.4 is 11.0 Å². The van der Waals surface area contributed by atoms with Gasteiger partial charge in [0.2, 0.25) is 0 Å². The van der Waals surface area contributed by atoms with Crippen molar-refractivity contribution < 1.29 is 33.7 Å². The highest BCUT2D eigenvalue weighted by atomic mass is 16.6. The summed E-state index contributed by atoms with van der Waals surface area (Å²) in [7, 11) is 0. The number of esters is 2. The molecule has 0 saturated carbocycles. The number of carbonyl (C=O) groups excluding carboxylic acids is 3. The van der Waals surface area contributed by atoms with Crippen LogP contribution in [0.5, 0.6) is 0 Å². The fraction of sp³-hybridized carbons (Fsp3) is 0.194. The smallest absolute Gasteiger partial charge is 0.351 e. The zero-order chi connectivity index (χ0) is 29.7. The van der Waals surface area contributed by atoms with Gasteiger partial charge in [0.1, 0.15) is 24.1 Å². The highest BCUT2D eigenvalue weighted by Crippen LogP contribution is 2.40. The molecule has 1 aliphatic heterocycles. The van der Waals surface area contributed by atoms with Crippen LogP contribution in [0, 0.1) is 0 Å². The van der Waals surface area contributed by atoms with Crippen molar-refractivity contribution in [1.29, 1.82) is 0 Å². The van der Waals surface area contributed by atoms with Crippen LogP contribution in [0.1, 0.15) is 44.2 Å². The third kappa shape index (κ3) is 6.12. The van der Waals surface area contributed by atoms with Crippen molar-refractivity contribution in [2.45, 2.75) is 31.0 Å². The maximum atomic E-state index is 13.1. The molecule has 1 aromatic heterocycles. The van der Waals surface area contributed by atoms with Crippen LogP contribution in [0.2, 0.25) is 0 Å². The number of aliphatic hydroxyl groups is 1. The average molecular weight is 570 g/mol. The summed E-state index contributed by atoms with van der Waals surface area (Å²) in [5.74, 6) is -1.86. The molecule has 1 fully saturated rings. The van der Waals surface area contributed by atoms with E-state index in [1.54, 1.807) is 91.0 Å². The highest BCUT2D eigenvalue weighted by Gasteiger charge is 2.57. The number of hydrogen-bond donors (Lipinski definition) is 2. The van der Waals surface area contributed by atoms with Gasteiger partial charge in [0.05, 0.1) is 11.1 Å². The summed E-state index contributed by atoms with van der Waals surface area (Å²) in [5, 5.41) is 14.2. The summed E-state index contributed by atoms with van der Waals surface area (Å²) >= 11 is 0. The van der Waals surface area contributed by atoms with Crippen LogP contribution >= 0.6 is 0 Å². The highest BCUT2D eigenvalue weighted by molar-refractivity contribution is 6.03. The number of rotatable bonds is 8. The lowest BCUT2D eigenvalue weighted by Crippen LogP contribution is -2.48. The van der Waals surface area contributed by atoms with Gasteiger partial charge in [0.15, 0.2) is 12.3 Å². The first kappa shape index (κ1) is 28.4. The Bertz CT molecular complexity index is 1620. The van der Waals surface area contributed by atoms with E-state index in [9.17, 15) is 24.3 Å². The number of carbonyl (C=O) groups is 3. The predicted molar refractivity (Wildman–Crippen MR) is 150 cm³/mol. The quantitative estimate of drug-likeness (QED) is 0.305. The average Bonchev–Trinajstić information content (AvgIpc) is 3.25. The van der Waals surface area contributed by atoms with Crippen LogP contribution in [0.3, 0.4) is 0 Å². The molecule has 5 rings (SSSR count). The Morgan fingerprint density at radius 3 is 2.00 bits per heavy atom. The first-order valence-electron chi connectivity index (χ1n) is 13.1. The maximum absolute atomic E-state index is 13.1. The predicted octanol–water partition coefficient (Wildman–Crippen LogP) is 3.23. The van der Waals surface area contributed by atoms with Crippen molar-refractivity contribution in [3.05, 3.63) is 130 Å². The van der Waals surface area contributed by atoms with E-state index < -0.39 is 47.6 Å². The van der Waals surface area contributed by atoms with E-state index in [1.807, 2.05) is 0 Å². The van der Waals surface area contributed by atoms with E-state index in [-0.39, 0.29) is 18.0 Å².